The van der Waals surface area contributed by atoms with Crippen molar-refractivity contribution in [3.8, 4) is 0 Å². The molecule has 102 valence electrons. The highest BCUT2D eigenvalue weighted by Gasteiger charge is 2.31. The van der Waals surface area contributed by atoms with Gasteiger partial charge in [0.05, 0.1) is 0 Å². The van der Waals surface area contributed by atoms with Crippen molar-refractivity contribution in [3.05, 3.63) is 12.0 Å². The number of ether oxygens (including phenoxy) is 2. The highest BCUT2D eigenvalue weighted by Crippen LogP contribution is 2.29. The maximum atomic E-state index is 11.9. The van der Waals surface area contributed by atoms with E-state index < -0.39 is 0 Å². The molecule has 1 fully saturated rings. The Bertz CT molecular complexity index is 322. The Morgan fingerprint density at radius 2 is 2.44 bits per heavy atom. The molecule has 5 heteroatoms. The van der Waals surface area contributed by atoms with Crippen LogP contribution in [-0.4, -0.2) is 38.8 Å². The van der Waals surface area contributed by atoms with Crippen molar-refractivity contribution < 1.29 is 14.3 Å². The molecule has 2 rings (SSSR count). The lowest BCUT2D eigenvalue weighted by Gasteiger charge is -2.37. The highest BCUT2D eigenvalue weighted by atomic mass is 16.6. The number of nitrogens with one attached hydrogen (secondary N) is 2. The molecule has 1 amide bonds. The van der Waals surface area contributed by atoms with Gasteiger partial charge in [-0.25, -0.2) is 0 Å². The molecule has 18 heavy (non-hydrogen) atoms. The fraction of sp³-hybridized carbons (Fsp3) is 0.769. The van der Waals surface area contributed by atoms with Crippen molar-refractivity contribution in [2.45, 2.75) is 26.2 Å². The zero-order valence-electron chi connectivity index (χ0n) is 11.0. The smallest absolute Gasteiger partial charge is 0.289 e. The number of carbonyl (C=O) groups excluding carboxylic acids is 1. The SMILES string of the molecule is CCC1(CNC(=O)C2=COCCO2)CCCNC1. The van der Waals surface area contributed by atoms with Gasteiger partial charge in [-0.05, 0) is 31.2 Å². The summed E-state index contributed by atoms with van der Waals surface area (Å²) in [5, 5.41) is 6.37. The Morgan fingerprint density at radius 1 is 1.56 bits per heavy atom. The molecule has 1 atom stereocenters. The first-order valence-electron chi connectivity index (χ1n) is 6.69. The van der Waals surface area contributed by atoms with Crippen molar-refractivity contribution in [1.29, 1.82) is 0 Å². The van der Waals surface area contributed by atoms with Gasteiger partial charge in [0.2, 0.25) is 5.76 Å². The average molecular weight is 254 g/mol. The topological polar surface area (TPSA) is 59.6 Å². The van der Waals surface area contributed by atoms with E-state index in [-0.39, 0.29) is 17.1 Å². The van der Waals surface area contributed by atoms with Crippen molar-refractivity contribution in [1.82, 2.24) is 10.6 Å². The molecule has 2 aliphatic rings. The summed E-state index contributed by atoms with van der Waals surface area (Å²) in [7, 11) is 0. The van der Waals surface area contributed by atoms with Gasteiger partial charge in [0.1, 0.15) is 19.5 Å². The molecule has 0 aromatic heterocycles. The Morgan fingerprint density at radius 3 is 3.06 bits per heavy atom. The molecule has 0 aromatic rings. The molecule has 0 saturated carbocycles. The number of piperidine rings is 1. The summed E-state index contributed by atoms with van der Waals surface area (Å²) >= 11 is 0. The molecule has 0 radical (unpaired) electrons. The monoisotopic (exact) mass is 254 g/mol. The van der Waals surface area contributed by atoms with Gasteiger partial charge in [-0.1, -0.05) is 6.92 Å². The van der Waals surface area contributed by atoms with Crippen molar-refractivity contribution >= 4 is 5.91 Å². The standard InChI is InChI=1S/C13H22N2O3/c1-2-13(4-3-5-14-9-13)10-15-12(16)11-8-17-6-7-18-11/h8,14H,2-7,9-10H2,1H3,(H,15,16). The Labute approximate surface area is 108 Å². The first-order valence-corrected chi connectivity index (χ1v) is 6.69. The average Bonchev–Trinajstić information content (AvgIpc) is 2.47. The van der Waals surface area contributed by atoms with Gasteiger partial charge in [-0.2, -0.15) is 0 Å². The summed E-state index contributed by atoms with van der Waals surface area (Å²) in [6.45, 7) is 5.88. The molecule has 1 unspecified atom stereocenters. The van der Waals surface area contributed by atoms with Crippen LogP contribution >= 0.6 is 0 Å². The summed E-state index contributed by atoms with van der Waals surface area (Å²) in [6.07, 6.45) is 4.80. The number of rotatable bonds is 4. The maximum Gasteiger partial charge on any atom is 0.289 e. The van der Waals surface area contributed by atoms with E-state index in [0.29, 0.717) is 19.8 Å². The van der Waals surface area contributed by atoms with Crippen molar-refractivity contribution in [3.63, 3.8) is 0 Å². The second-order valence-electron chi connectivity index (χ2n) is 5.02. The lowest BCUT2D eigenvalue weighted by atomic mass is 9.78. The minimum Gasteiger partial charge on any atom is -0.494 e. The van der Waals surface area contributed by atoms with Gasteiger partial charge in [-0.15, -0.1) is 0 Å². The van der Waals surface area contributed by atoms with Crippen LogP contribution in [0.1, 0.15) is 26.2 Å². The van der Waals surface area contributed by atoms with E-state index in [4.69, 9.17) is 9.47 Å². The van der Waals surface area contributed by atoms with Gasteiger partial charge >= 0.3 is 0 Å². The lowest BCUT2D eigenvalue weighted by molar-refractivity contribution is -0.122. The Balaban J connectivity index is 1.85. The van der Waals surface area contributed by atoms with Crippen molar-refractivity contribution in [2.24, 2.45) is 5.41 Å². The van der Waals surface area contributed by atoms with Crippen molar-refractivity contribution in [2.75, 3.05) is 32.8 Å². The zero-order valence-corrected chi connectivity index (χ0v) is 11.0. The predicted octanol–water partition coefficient (Wildman–Crippen LogP) is 0.771. The molecule has 0 aliphatic carbocycles. The number of hydrogen-bond donors (Lipinski definition) is 2. The number of hydrogen-bond acceptors (Lipinski definition) is 4. The molecule has 1 saturated heterocycles. The second-order valence-corrected chi connectivity index (χ2v) is 5.02. The van der Waals surface area contributed by atoms with E-state index in [0.717, 1.165) is 25.9 Å². The van der Waals surface area contributed by atoms with Crippen LogP contribution < -0.4 is 10.6 Å². The molecular formula is C13H22N2O3. The molecule has 2 heterocycles. The predicted molar refractivity (Wildman–Crippen MR) is 67.8 cm³/mol. The van der Waals surface area contributed by atoms with Crippen LogP contribution in [0, 0.1) is 5.41 Å². The van der Waals surface area contributed by atoms with Gasteiger partial charge in [0.15, 0.2) is 0 Å². The molecule has 2 N–H and O–H groups in total. The fourth-order valence-electron chi connectivity index (χ4n) is 2.45. The summed E-state index contributed by atoms with van der Waals surface area (Å²) in [5.41, 5.74) is 0.185. The highest BCUT2D eigenvalue weighted by molar-refractivity contribution is 5.91. The van der Waals surface area contributed by atoms with Crippen LogP contribution in [0.4, 0.5) is 0 Å². The summed E-state index contributed by atoms with van der Waals surface area (Å²) in [4.78, 5) is 11.9. The Hall–Kier alpha value is -1.23. The van der Waals surface area contributed by atoms with Gasteiger partial charge < -0.3 is 20.1 Å². The maximum absolute atomic E-state index is 11.9. The zero-order chi connectivity index (χ0) is 12.8. The van der Waals surface area contributed by atoms with Crippen LogP contribution in [0.3, 0.4) is 0 Å². The summed E-state index contributed by atoms with van der Waals surface area (Å²) < 4.78 is 10.3. The molecule has 0 aromatic carbocycles. The summed E-state index contributed by atoms with van der Waals surface area (Å²) in [6, 6.07) is 0. The van der Waals surface area contributed by atoms with E-state index in [1.807, 2.05) is 0 Å². The van der Waals surface area contributed by atoms with Crippen LogP contribution in [0.15, 0.2) is 12.0 Å². The normalized spacial score (nSPS) is 27.7. The van der Waals surface area contributed by atoms with Gasteiger partial charge in [-0.3, -0.25) is 4.79 Å². The second kappa shape index (κ2) is 6.09. The molecule has 5 nitrogen and oxygen atoms in total. The van der Waals surface area contributed by atoms with Crippen LogP contribution in [0.25, 0.3) is 0 Å². The molecule has 2 aliphatic heterocycles. The third kappa shape index (κ3) is 3.16. The van der Waals surface area contributed by atoms with Gasteiger partial charge in [0.25, 0.3) is 5.91 Å². The largest absolute Gasteiger partial charge is 0.494 e. The number of amides is 1. The fourth-order valence-corrected chi connectivity index (χ4v) is 2.45. The molecule has 0 bridgehead atoms. The molecule has 0 spiro atoms. The van der Waals surface area contributed by atoms with Crippen LogP contribution in [0.2, 0.25) is 0 Å². The third-order valence-electron chi connectivity index (χ3n) is 3.81. The van der Waals surface area contributed by atoms with Crippen LogP contribution in [0.5, 0.6) is 0 Å². The quantitative estimate of drug-likeness (QED) is 0.778. The van der Waals surface area contributed by atoms with E-state index in [1.54, 1.807) is 0 Å². The third-order valence-corrected chi connectivity index (χ3v) is 3.81. The first-order chi connectivity index (χ1) is 8.76. The van der Waals surface area contributed by atoms with E-state index in [1.165, 1.54) is 12.7 Å². The number of carbonyl (C=O) groups is 1. The van der Waals surface area contributed by atoms with E-state index in [9.17, 15) is 4.79 Å². The minimum absolute atomic E-state index is 0.173. The summed E-state index contributed by atoms with van der Waals surface area (Å²) in [5.74, 6) is 0.115. The van der Waals surface area contributed by atoms with E-state index in [2.05, 4.69) is 17.6 Å². The van der Waals surface area contributed by atoms with Crippen LogP contribution in [-0.2, 0) is 14.3 Å². The van der Waals surface area contributed by atoms with E-state index >= 15 is 0 Å². The molecular weight excluding hydrogens is 232 g/mol. The first kappa shape index (κ1) is 13.2. The lowest BCUT2D eigenvalue weighted by Crippen LogP contribution is -2.47. The Kier molecular flexibility index (Phi) is 4.47. The van der Waals surface area contributed by atoms with Gasteiger partial charge in [0, 0.05) is 13.1 Å². The minimum atomic E-state index is -0.173.